The van der Waals surface area contributed by atoms with Gasteiger partial charge in [0, 0.05) is 17.4 Å². The number of benzene rings is 2. The summed E-state index contributed by atoms with van der Waals surface area (Å²) < 4.78 is 63.7. The van der Waals surface area contributed by atoms with Crippen molar-refractivity contribution in [1.29, 1.82) is 0 Å². The number of anilines is 1. The van der Waals surface area contributed by atoms with E-state index in [-0.39, 0.29) is 44.8 Å². The van der Waals surface area contributed by atoms with Crippen molar-refractivity contribution in [2.75, 3.05) is 5.01 Å². The van der Waals surface area contributed by atoms with Crippen molar-refractivity contribution in [3.05, 3.63) is 47.5 Å². The third-order valence-corrected chi connectivity index (χ3v) is 6.29. The maximum absolute atomic E-state index is 11.4. The van der Waals surface area contributed by atoms with Crippen LogP contribution in [0.25, 0.3) is 0 Å². The number of carbonyl (C=O) groups excluding carboxylic acids is 1. The van der Waals surface area contributed by atoms with Crippen LogP contribution < -0.4 is 5.01 Å². The second kappa shape index (κ2) is 10.7. The zero-order valence-corrected chi connectivity index (χ0v) is 20.8. The first kappa shape index (κ1) is 30.0. The Morgan fingerprint density at radius 2 is 1.57 bits per heavy atom. The van der Waals surface area contributed by atoms with Gasteiger partial charge < -0.3 is 10.6 Å². The van der Waals surface area contributed by atoms with Crippen LogP contribution in [0.3, 0.4) is 0 Å². The Hall–Kier alpha value is -3.04. The number of carboxylic acid groups (broad SMARTS) is 1. The summed E-state index contributed by atoms with van der Waals surface area (Å²) >= 11 is 0. The van der Waals surface area contributed by atoms with Crippen LogP contribution in [0, 0.1) is 6.92 Å². The van der Waals surface area contributed by atoms with Gasteiger partial charge in [0.15, 0.2) is 0 Å². The van der Waals surface area contributed by atoms with E-state index in [0.717, 1.165) is 29.3 Å². The molecule has 1 aliphatic heterocycles. The standard InChI is InChI=1S/C18H16N4O9S2.Cr.H2O/c1-9-7-11(32(26,27)28)4-6-15(9)22-17(23)16(10(2)21-22)20-19-14-8-12(33(29,30)31)3-5-13(14)18(24)25;;/h3-8,16H,1-2H3,(H,24,25)(H,26,27,28)(H,29,30,31);;1H2/p+1. The molecule has 6 N–H and O–H groups in total. The summed E-state index contributed by atoms with van der Waals surface area (Å²) in [5, 5.41) is 22.1. The maximum atomic E-state index is 11.4. The molecule has 0 saturated heterocycles. The number of hydrogen-bond donors (Lipinski definition) is 3. The van der Waals surface area contributed by atoms with E-state index < -0.39 is 48.6 Å². The Morgan fingerprint density at radius 3 is 2.09 bits per heavy atom. The van der Waals surface area contributed by atoms with E-state index in [9.17, 15) is 36.1 Å². The summed E-state index contributed by atoms with van der Waals surface area (Å²) in [7, 11) is -9.06. The van der Waals surface area contributed by atoms with Gasteiger partial charge in [-0.25, -0.2) is 4.79 Å². The summed E-state index contributed by atoms with van der Waals surface area (Å²) in [6, 6.07) is 5.08. The molecule has 1 atom stereocenters. The molecule has 0 bridgehead atoms. The fraction of sp³-hybridized carbons (Fsp3) is 0.167. The molecule has 0 aromatic heterocycles. The summed E-state index contributed by atoms with van der Waals surface area (Å²) in [5.74, 6) is -1.87. The molecule has 1 amide bonds. The predicted octanol–water partition coefficient (Wildman–Crippen LogP) is 1.21. The van der Waals surface area contributed by atoms with Gasteiger partial charge in [-0.3, -0.25) is 13.9 Å². The maximum Gasteiger partial charge on any atom is 0.449 e. The average Bonchev–Trinajstić information content (AvgIpc) is 2.98. The van der Waals surface area contributed by atoms with Crippen molar-refractivity contribution < 1.29 is 63.5 Å². The topological polar surface area (TPSA) is 239 Å². The molecule has 17 heteroatoms. The summed E-state index contributed by atoms with van der Waals surface area (Å²) in [6.45, 7) is 3.02. The first-order chi connectivity index (χ1) is 15.2. The number of hydrazone groups is 1. The van der Waals surface area contributed by atoms with Crippen molar-refractivity contribution in [2.24, 2.45) is 15.3 Å². The number of amides is 1. The molecule has 1 heterocycles. The Kier molecular flexibility index (Phi) is 9.17. The van der Waals surface area contributed by atoms with E-state index >= 15 is 0 Å². The number of azo groups is 1. The van der Waals surface area contributed by atoms with Crippen molar-refractivity contribution in [3.8, 4) is 0 Å². The first-order valence-electron chi connectivity index (χ1n) is 8.95. The molecule has 1 aliphatic rings. The molecule has 0 fully saturated rings. The average molecular weight is 567 g/mol. The zero-order valence-electron chi connectivity index (χ0n) is 17.9. The smallest absolute Gasteiger partial charge is 0.449 e. The fourth-order valence-electron chi connectivity index (χ4n) is 2.96. The number of nitrogens with zero attached hydrogens (tertiary/aromatic N) is 4. The Morgan fingerprint density at radius 1 is 1.03 bits per heavy atom. The first-order valence-corrected chi connectivity index (χ1v) is 11.8. The normalized spacial score (nSPS) is 16.0. The number of carboxylic acids is 1. The van der Waals surface area contributed by atoms with Crippen LogP contribution in [0.15, 0.2) is 61.5 Å². The minimum atomic E-state index is -4.63. The predicted molar refractivity (Wildman–Crippen MR) is 119 cm³/mol. The van der Waals surface area contributed by atoms with Crippen molar-refractivity contribution in [2.45, 2.75) is 29.7 Å². The molecular weight excluding hydrogens is 548 g/mol. The van der Waals surface area contributed by atoms with Crippen LogP contribution in [0.1, 0.15) is 22.8 Å². The van der Waals surface area contributed by atoms with Gasteiger partial charge in [0.25, 0.3) is 20.2 Å². The molecule has 0 spiro atoms. The molecule has 14 nitrogen and oxygen atoms in total. The van der Waals surface area contributed by atoms with Gasteiger partial charge in [-0.2, -0.15) is 37.2 Å². The Balaban J connectivity index is 0.00000306. The third-order valence-electron chi connectivity index (χ3n) is 4.59. The van der Waals surface area contributed by atoms with E-state index in [1.807, 2.05) is 0 Å². The number of aryl methyl sites for hydroxylation is 1. The summed E-state index contributed by atoms with van der Waals surface area (Å²) in [4.78, 5) is 21.1. The van der Waals surface area contributed by atoms with Gasteiger partial charge in [-0.1, -0.05) is 0 Å². The van der Waals surface area contributed by atoms with E-state index in [1.165, 1.54) is 26.0 Å². The van der Waals surface area contributed by atoms with Crippen LogP contribution in [0.5, 0.6) is 0 Å². The number of hydrogen-bond acceptors (Lipinski definition) is 8. The molecule has 188 valence electrons. The molecule has 2 aromatic rings. The van der Waals surface area contributed by atoms with Crippen LogP contribution >= 0.6 is 0 Å². The Labute approximate surface area is 209 Å². The van der Waals surface area contributed by atoms with Crippen molar-refractivity contribution >= 4 is 49.2 Å². The minimum absolute atomic E-state index is 0. The summed E-state index contributed by atoms with van der Waals surface area (Å²) in [5.41, 5.74) is 0.0748. The molecule has 0 radical (unpaired) electrons. The van der Waals surface area contributed by atoms with Crippen LogP contribution in [0.2, 0.25) is 0 Å². The third kappa shape index (κ3) is 6.35. The van der Waals surface area contributed by atoms with Gasteiger partial charge in [0.05, 0.1) is 26.8 Å². The van der Waals surface area contributed by atoms with E-state index in [2.05, 4.69) is 15.3 Å². The SMILES string of the molecule is CC1=NN(c2ccc(S(=O)(=O)O)cc2C)C(=[OH+])C1N=Nc1cc(S(=O)(=O)O)ccc1C(=O)O.O.[Cr]. The van der Waals surface area contributed by atoms with E-state index in [4.69, 9.17) is 4.55 Å². The minimum Gasteiger partial charge on any atom is -0.478 e. The van der Waals surface area contributed by atoms with Gasteiger partial charge >= 0.3 is 11.9 Å². The molecule has 35 heavy (non-hydrogen) atoms. The van der Waals surface area contributed by atoms with E-state index in [1.54, 1.807) is 0 Å². The van der Waals surface area contributed by atoms with Crippen LogP contribution in [-0.2, 0) is 37.6 Å². The number of carbonyl (C=O) groups is 1. The summed E-state index contributed by atoms with van der Waals surface area (Å²) in [6.07, 6.45) is 0. The molecule has 2 aromatic carbocycles. The van der Waals surface area contributed by atoms with Crippen molar-refractivity contribution in [1.82, 2.24) is 0 Å². The zero-order chi connectivity index (χ0) is 24.7. The molecule has 0 saturated carbocycles. The fourth-order valence-corrected chi connectivity index (χ4v) is 4.03. The van der Waals surface area contributed by atoms with Gasteiger partial charge in [-0.05, 0) is 55.8 Å². The molecule has 3 rings (SSSR count). The number of aromatic carboxylic acids is 1. The molecule has 1 unspecified atom stereocenters. The van der Waals surface area contributed by atoms with E-state index in [0.29, 0.717) is 5.56 Å². The second-order valence-corrected chi connectivity index (χ2v) is 9.75. The Bertz CT molecular complexity index is 1460. The van der Waals surface area contributed by atoms with Crippen LogP contribution in [-0.4, -0.2) is 64.9 Å². The molecule has 0 aliphatic carbocycles. The van der Waals surface area contributed by atoms with Gasteiger partial charge in [0.1, 0.15) is 5.69 Å². The monoisotopic (exact) mass is 567 g/mol. The quantitative estimate of drug-likeness (QED) is 0.260. The largest absolute Gasteiger partial charge is 0.478 e. The second-order valence-electron chi connectivity index (χ2n) is 6.91. The molecular formula is C18H19CrN4O10S2+. The van der Waals surface area contributed by atoms with Crippen molar-refractivity contribution in [3.63, 3.8) is 0 Å². The van der Waals surface area contributed by atoms with Gasteiger partial charge in [0.2, 0.25) is 6.04 Å². The van der Waals surface area contributed by atoms with Gasteiger partial charge in [-0.15, -0.1) is 0 Å². The van der Waals surface area contributed by atoms with Crippen LogP contribution in [0.4, 0.5) is 11.4 Å². The number of rotatable bonds is 6.